The van der Waals surface area contributed by atoms with Crippen LogP contribution in [0.25, 0.3) is 0 Å². The zero-order chi connectivity index (χ0) is 13.0. The van der Waals surface area contributed by atoms with E-state index in [2.05, 4.69) is 14.9 Å². The highest BCUT2D eigenvalue weighted by molar-refractivity contribution is 5.09. The summed E-state index contributed by atoms with van der Waals surface area (Å²) >= 11 is 0. The van der Waals surface area contributed by atoms with E-state index in [1.165, 1.54) is 6.42 Å². The highest BCUT2D eigenvalue weighted by Gasteiger charge is 2.30. The number of nitrogens with zero attached hydrogens (tertiary/aromatic N) is 3. The third-order valence-corrected chi connectivity index (χ3v) is 3.62. The Morgan fingerprint density at radius 2 is 2.28 bits per heavy atom. The standard InChI is InChI=1S/C13H23N5/c1-10-8-17-11(9-16-10)13(15)12-4-2-6-18(12)7-3-5-14/h8-9,12-13H,2-7,14-15H2,1H3. The Balaban J connectivity index is 2.02. The third-order valence-electron chi connectivity index (χ3n) is 3.62. The summed E-state index contributed by atoms with van der Waals surface area (Å²) in [6, 6.07) is 0.340. The van der Waals surface area contributed by atoms with E-state index in [9.17, 15) is 0 Å². The molecule has 0 radical (unpaired) electrons. The fourth-order valence-electron chi connectivity index (χ4n) is 2.60. The first kappa shape index (κ1) is 13.4. The number of hydrogen-bond acceptors (Lipinski definition) is 5. The highest BCUT2D eigenvalue weighted by Crippen LogP contribution is 2.26. The van der Waals surface area contributed by atoms with Crippen LogP contribution in [0.15, 0.2) is 12.4 Å². The molecule has 1 aliphatic rings. The molecule has 1 aromatic rings. The van der Waals surface area contributed by atoms with E-state index in [1.54, 1.807) is 12.4 Å². The minimum atomic E-state index is -0.0432. The lowest BCUT2D eigenvalue weighted by molar-refractivity contribution is 0.221. The Bertz CT molecular complexity index is 364. The third kappa shape index (κ3) is 3.04. The van der Waals surface area contributed by atoms with Crippen molar-refractivity contribution in [3.63, 3.8) is 0 Å². The zero-order valence-corrected chi connectivity index (χ0v) is 11.0. The maximum absolute atomic E-state index is 6.34. The topological polar surface area (TPSA) is 81.1 Å². The van der Waals surface area contributed by atoms with Gasteiger partial charge in [-0.25, -0.2) is 0 Å². The molecule has 1 fully saturated rings. The van der Waals surface area contributed by atoms with Gasteiger partial charge in [0, 0.05) is 12.2 Å². The molecule has 0 aromatic carbocycles. The summed E-state index contributed by atoms with van der Waals surface area (Å²) in [5.74, 6) is 0. The number of rotatable bonds is 5. The molecule has 2 rings (SSSR count). The van der Waals surface area contributed by atoms with E-state index in [0.29, 0.717) is 6.04 Å². The lowest BCUT2D eigenvalue weighted by Crippen LogP contribution is -2.39. The van der Waals surface area contributed by atoms with Gasteiger partial charge in [0.05, 0.1) is 23.6 Å². The van der Waals surface area contributed by atoms with Crippen LogP contribution in [0.1, 0.15) is 36.7 Å². The minimum absolute atomic E-state index is 0.0432. The second kappa shape index (κ2) is 6.22. The molecule has 1 aromatic heterocycles. The van der Waals surface area contributed by atoms with Gasteiger partial charge in [-0.2, -0.15) is 0 Å². The first-order valence-electron chi connectivity index (χ1n) is 6.70. The average molecular weight is 249 g/mol. The summed E-state index contributed by atoms with van der Waals surface area (Å²) in [5, 5.41) is 0. The number of nitrogens with two attached hydrogens (primary N) is 2. The molecule has 0 amide bonds. The number of aromatic nitrogens is 2. The van der Waals surface area contributed by atoms with E-state index >= 15 is 0 Å². The van der Waals surface area contributed by atoms with Gasteiger partial charge in [0.15, 0.2) is 0 Å². The van der Waals surface area contributed by atoms with E-state index in [-0.39, 0.29) is 6.04 Å². The summed E-state index contributed by atoms with van der Waals surface area (Å²) < 4.78 is 0. The van der Waals surface area contributed by atoms with Gasteiger partial charge in [-0.3, -0.25) is 14.9 Å². The van der Waals surface area contributed by atoms with Gasteiger partial charge < -0.3 is 11.5 Å². The summed E-state index contributed by atoms with van der Waals surface area (Å²) in [5.41, 5.74) is 13.7. The Hall–Kier alpha value is -1.04. The molecular formula is C13H23N5. The molecule has 0 aliphatic carbocycles. The van der Waals surface area contributed by atoms with Crippen molar-refractivity contribution in [3.8, 4) is 0 Å². The van der Waals surface area contributed by atoms with Crippen molar-refractivity contribution < 1.29 is 0 Å². The summed E-state index contributed by atoms with van der Waals surface area (Å²) in [7, 11) is 0. The first-order chi connectivity index (χ1) is 8.72. The van der Waals surface area contributed by atoms with Crippen molar-refractivity contribution in [2.75, 3.05) is 19.6 Å². The molecule has 1 aliphatic heterocycles. The average Bonchev–Trinajstić information content (AvgIpc) is 2.84. The molecule has 1 saturated heterocycles. The maximum atomic E-state index is 6.34. The van der Waals surface area contributed by atoms with Crippen LogP contribution in [0, 0.1) is 6.92 Å². The second-order valence-corrected chi connectivity index (χ2v) is 5.00. The number of aryl methyl sites for hydroxylation is 1. The summed E-state index contributed by atoms with van der Waals surface area (Å²) in [4.78, 5) is 11.1. The van der Waals surface area contributed by atoms with Crippen LogP contribution < -0.4 is 11.5 Å². The van der Waals surface area contributed by atoms with Gasteiger partial charge in [0.1, 0.15) is 0 Å². The molecule has 2 unspecified atom stereocenters. The number of hydrogen-bond donors (Lipinski definition) is 2. The SMILES string of the molecule is Cc1cnc(C(N)C2CCCN2CCCN)cn1. The van der Waals surface area contributed by atoms with Crippen LogP contribution in [0.3, 0.4) is 0 Å². The van der Waals surface area contributed by atoms with Gasteiger partial charge in [-0.1, -0.05) is 0 Å². The molecule has 100 valence electrons. The van der Waals surface area contributed by atoms with Crippen molar-refractivity contribution >= 4 is 0 Å². The fraction of sp³-hybridized carbons (Fsp3) is 0.692. The van der Waals surface area contributed by atoms with Crippen molar-refractivity contribution in [1.82, 2.24) is 14.9 Å². The first-order valence-corrected chi connectivity index (χ1v) is 6.70. The molecule has 5 nitrogen and oxygen atoms in total. The van der Waals surface area contributed by atoms with Crippen LogP contribution in [0.4, 0.5) is 0 Å². The Morgan fingerprint density at radius 1 is 1.44 bits per heavy atom. The Labute approximate surface area is 109 Å². The highest BCUT2D eigenvalue weighted by atomic mass is 15.2. The molecule has 0 bridgehead atoms. The van der Waals surface area contributed by atoms with E-state index in [1.807, 2.05) is 6.92 Å². The summed E-state index contributed by atoms with van der Waals surface area (Å²) in [6.45, 7) is 4.83. The monoisotopic (exact) mass is 249 g/mol. The predicted molar refractivity (Wildman–Crippen MR) is 72.0 cm³/mol. The van der Waals surface area contributed by atoms with Gasteiger partial charge in [0.2, 0.25) is 0 Å². The van der Waals surface area contributed by atoms with Crippen LogP contribution in [0.5, 0.6) is 0 Å². The zero-order valence-electron chi connectivity index (χ0n) is 11.0. The van der Waals surface area contributed by atoms with Crippen LogP contribution in [-0.2, 0) is 0 Å². The molecular weight excluding hydrogens is 226 g/mol. The van der Waals surface area contributed by atoms with E-state index < -0.39 is 0 Å². The largest absolute Gasteiger partial charge is 0.330 e. The van der Waals surface area contributed by atoms with E-state index in [4.69, 9.17) is 11.5 Å². The molecule has 4 N–H and O–H groups in total. The quantitative estimate of drug-likeness (QED) is 0.798. The number of likely N-dealkylation sites (tertiary alicyclic amines) is 1. The lowest BCUT2D eigenvalue weighted by atomic mass is 10.0. The van der Waals surface area contributed by atoms with Crippen molar-refractivity contribution in [2.45, 2.75) is 38.3 Å². The lowest BCUT2D eigenvalue weighted by Gasteiger charge is -2.28. The van der Waals surface area contributed by atoms with Gasteiger partial charge in [-0.05, 0) is 45.8 Å². The predicted octanol–water partition coefficient (Wildman–Crippen LogP) is 0.598. The van der Waals surface area contributed by atoms with Crippen LogP contribution in [0.2, 0.25) is 0 Å². The molecule has 2 atom stereocenters. The molecule has 18 heavy (non-hydrogen) atoms. The Morgan fingerprint density at radius 3 is 2.94 bits per heavy atom. The molecule has 0 saturated carbocycles. The van der Waals surface area contributed by atoms with Crippen molar-refractivity contribution in [1.29, 1.82) is 0 Å². The maximum Gasteiger partial charge on any atom is 0.0770 e. The Kier molecular flexibility index (Phi) is 4.63. The smallest absolute Gasteiger partial charge is 0.0770 e. The second-order valence-electron chi connectivity index (χ2n) is 5.00. The minimum Gasteiger partial charge on any atom is -0.330 e. The van der Waals surface area contributed by atoms with Crippen LogP contribution >= 0.6 is 0 Å². The van der Waals surface area contributed by atoms with Gasteiger partial charge in [0.25, 0.3) is 0 Å². The van der Waals surface area contributed by atoms with Crippen molar-refractivity contribution in [3.05, 3.63) is 23.8 Å². The normalized spacial score (nSPS) is 22.3. The molecule has 5 heteroatoms. The van der Waals surface area contributed by atoms with E-state index in [0.717, 1.165) is 43.9 Å². The summed E-state index contributed by atoms with van der Waals surface area (Å²) in [6.07, 6.45) is 6.97. The molecule has 0 spiro atoms. The van der Waals surface area contributed by atoms with Crippen molar-refractivity contribution in [2.24, 2.45) is 11.5 Å². The molecule has 2 heterocycles. The van der Waals surface area contributed by atoms with Crippen LogP contribution in [-0.4, -0.2) is 40.5 Å². The van der Waals surface area contributed by atoms with Gasteiger partial charge >= 0.3 is 0 Å². The van der Waals surface area contributed by atoms with Gasteiger partial charge in [-0.15, -0.1) is 0 Å². The fourth-order valence-corrected chi connectivity index (χ4v) is 2.60.